The van der Waals surface area contributed by atoms with Crippen molar-refractivity contribution in [2.45, 2.75) is 13.8 Å². The van der Waals surface area contributed by atoms with E-state index in [2.05, 4.69) is 5.10 Å². The lowest BCUT2D eigenvalue weighted by Gasteiger charge is -2.12. The van der Waals surface area contributed by atoms with Gasteiger partial charge in [-0.2, -0.15) is 5.10 Å². The van der Waals surface area contributed by atoms with Crippen molar-refractivity contribution in [2.75, 3.05) is 0 Å². The number of carbonyl (C=O) groups is 2. The minimum Gasteiger partial charge on any atom is -0.545 e. The lowest BCUT2D eigenvalue weighted by atomic mass is 10.1. The van der Waals surface area contributed by atoms with E-state index in [4.69, 9.17) is 0 Å². The third-order valence-corrected chi connectivity index (χ3v) is 2.64. The fraction of sp³-hybridized carbons (Fsp3) is 0.154. The van der Waals surface area contributed by atoms with Crippen LogP contribution in [0, 0.1) is 13.8 Å². The van der Waals surface area contributed by atoms with Crippen molar-refractivity contribution in [3.8, 4) is 5.69 Å². The van der Waals surface area contributed by atoms with Crippen molar-refractivity contribution in [3.63, 3.8) is 0 Å². The summed E-state index contributed by atoms with van der Waals surface area (Å²) in [6.07, 6.45) is 0. The van der Waals surface area contributed by atoms with E-state index in [9.17, 15) is 19.8 Å². The molecule has 0 amide bonds. The molecule has 2 aromatic rings. The van der Waals surface area contributed by atoms with E-state index in [-0.39, 0.29) is 11.1 Å². The molecule has 6 heteroatoms. The zero-order valence-corrected chi connectivity index (χ0v) is 10.3. The summed E-state index contributed by atoms with van der Waals surface area (Å²) >= 11 is 0. The van der Waals surface area contributed by atoms with Gasteiger partial charge in [-0.1, -0.05) is 0 Å². The summed E-state index contributed by atoms with van der Waals surface area (Å²) in [5.41, 5.74) is 1.38. The first-order valence-corrected chi connectivity index (χ1v) is 5.50. The lowest BCUT2D eigenvalue weighted by molar-refractivity contribution is -0.255. The summed E-state index contributed by atoms with van der Waals surface area (Å²) < 4.78 is 1.47. The van der Waals surface area contributed by atoms with Gasteiger partial charge in [0, 0.05) is 5.69 Å². The van der Waals surface area contributed by atoms with Gasteiger partial charge in [0.1, 0.15) is 0 Å². The molecule has 6 nitrogen and oxygen atoms in total. The third kappa shape index (κ3) is 2.47. The van der Waals surface area contributed by atoms with Gasteiger partial charge >= 0.3 is 0 Å². The van der Waals surface area contributed by atoms with Crippen LogP contribution in [0.1, 0.15) is 32.1 Å². The molecule has 98 valence electrons. The number of carboxylic acid groups (broad SMARTS) is 2. The highest BCUT2D eigenvalue weighted by Gasteiger charge is 2.08. The van der Waals surface area contributed by atoms with Crippen LogP contribution in [0.2, 0.25) is 0 Å². The van der Waals surface area contributed by atoms with Crippen molar-refractivity contribution in [1.29, 1.82) is 0 Å². The number of carbonyl (C=O) groups excluding carboxylic acids is 2. The number of aromatic carboxylic acids is 2. The summed E-state index contributed by atoms with van der Waals surface area (Å²) in [5, 5.41) is 26.0. The van der Waals surface area contributed by atoms with Crippen LogP contribution in [0.3, 0.4) is 0 Å². The van der Waals surface area contributed by atoms with E-state index in [1.807, 2.05) is 0 Å². The Balaban J connectivity index is 2.66. The number of hydrogen-bond donors (Lipinski definition) is 0. The maximum absolute atomic E-state index is 10.9. The largest absolute Gasteiger partial charge is 0.545 e. The van der Waals surface area contributed by atoms with Crippen molar-refractivity contribution in [2.24, 2.45) is 0 Å². The van der Waals surface area contributed by atoms with E-state index in [0.29, 0.717) is 5.69 Å². The Hall–Kier alpha value is -2.63. The monoisotopic (exact) mass is 258 g/mol. The normalized spacial score (nSPS) is 10.4. The first-order valence-electron chi connectivity index (χ1n) is 5.50. The number of aryl methyl sites for hydroxylation is 2. The molecule has 0 unspecified atom stereocenters. The van der Waals surface area contributed by atoms with E-state index in [1.165, 1.54) is 16.8 Å². The minimum atomic E-state index is -1.45. The molecule has 0 aliphatic carbocycles. The summed E-state index contributed by atoms with van der Waals surface area (Å²) in [6, 6.07) is 5.41. The molecule has 0 aliphatic heterocycles. The Morgan fingerprint density at radius 2 is 1.53 bits per heavy atom. The van der Waals surface area contributed by atoms with Crippen molar-refractivity contribution < 1.29 is 19.8 Å². The molecule has 0 aliphatic rings. The standard InChI is InChI=1S/C13H12N2O4/c1-7-3-8(2)15(14-7)11-5-9(12(16)17)4-10(6-11)13(18)19/h3-6H,1-2H3,(H,16,17)(H,18,19)/p-2. The fourth-order valence-corrected chi connectivity index (χ4v) is 1.86. The lowest BCUT2D eigenvalue weighted by Crippen LogP contribution is -2.26. The van der Waals surface area contributed by atoms with Crippen LogP contribution in [0.4, 0.5) is 0 Å². The van der Waals surface area contributed by atoms with Crippen LogP contribution in [-0.2, 0) is 0 Å². The van der Waals surface area contributed by atoms with Crippen molar-refractivity contribution in [1.82, 2.24) is 9.78 Å². The average molecular weight is 258 g/mol. The van der Waals surface area contributed by atoms with Gasteiger partial charge in [0.2, 0.25) is 0 Å². The molecule has 0 atom stereocenters. The smallest absolute Gasteiger partial charge is 0.0716 e. The number of benzene rings is 1. The van der Waals surface area contributed by atoms with E-state index in [1.54, 1.807) is 19.9 Å². The molecule has 1 aromatic heterocycles. The van der Waals surface area contributed by atoms with Gasteiger partial charge in [0.15, 0.2) is 0 Å². The summed E-state index contributed by atoms with van der Waals surface area (Å²) in [5.74, 6) is -2.91. The van der Waals surface area contributed by atoms with Crippen LogP contribution in [0.15, 0.2) is 24.3 Å². The number of hydrogen-bond acceptors (Lipinski definition) is 5. The predicted molar refractivity (Wildman–Crippen MR) is 61.7 cm³/mol. The quantitative estimate of drug-likeness (QED) is 0.719. The first-order chi connectivity index (χ1) is 8.88. The van der Waals surface area contributed by atoms with Crippen molar-refractivity contribution >= 4 is 11.9 Å². The Morgan fingerprint density at radius 1 is 1.00 bits per heavy atom. The van der Waals surface area contributed by atoms with Gasteiger partial charge in [-0.3, -0.25) is 0 Å². The highest BCUT2D eigenvalue weighted by molar-refractivity contribution is 5.93. The summed E-state index contributed by atoms with van der Waals surface area (Å²) in [7, 11) is 0. The highest BCUT2D eigenvalue weighted by Crippen LogP contribution is 2.16. The van der Waals surface area contributed by atoms with Gasteiger partial charge in [-0.15, -0.1) is 0 Å². The Morgan fingerprint density at radius 3 is 1.89 bits per heavy atom. The maximum Gasteiger partial charge on any atom is 0.0716 e. The molecule has 1 aromatic carbocycles. The molecule has 0 bridgehead atoms. The van der Waals surface area contributed by atoms with Crippen LogP contribution >= 0.6 is 0 Å². The Kier molecular flexibility index (Phi) is 3.08. The SMILES string of the molecule is Cc1cc(C)n(-c2cc(C(=O)[O-])cc(C(=O)[O-])c2)n1. The van der Waals surface area contributed by atoms with Gasteiger partial charge in [0.05, 0.1) is 23.3 Å². The molecule has 19 heavy (non-hydrogen) atoms. The number of carboxylic acids is 2. The third-order valence-electron chi connectivity index (χ3n) is 2.64. The average Bonchev–Trinajstić information content (AvgIpc) is 2.67. The second-order valence-corrected chi connectivity index (χ2v) is 4.18. The molecule has 0 spiro atoms. The second-order valence-electron chi connectivity index (χ2n) is 4.18. The first kappa shape index (κ1) is 12.8. The molecule has 0 N–H and O–H groups in total. The Bertz CT molecular complexity index is 641. The van der Waals surface area contributed by atoms with E-state index in [0.717, 1.165) is 17.5 Å². The number of aromatic nitrogens is 2. The number of rotatable bonds is 3. The van der Waals surface area contributed by atoms with Gasteiger partial charge in [-0.25, -0.2) is 4.68 Å². The van der Waals surface area contributed by atoms with Gasteiger partial charge in [-0.05, 0) is 49.2 Å². The zero-order chi connectivity index (χ0) is 14.2. The molecular weight excluding hydrogens is 248 g/mol. The minimum absolute atomic E-state index is 0.232. The molecule has 0 saturated heterocycles. The van der Waals surface area contributed by atoms with Gasteiger partial charge in [0.25, 0.3) is 0 Å². The highest BCUT2D eigenvalue weighted by atomic mass is 16.4. The molecule has 0 radical (unpaired) electrons. The second kappa shape index (κ2) is 4.56. The molecular formula is C13H10N2O4-2. The fourth-order valence-electron chi connectivity index (χ4n) is 1.86. The van der Waals surface area contributed by atoms with E-state index >= 15 is 0 Å². The summed E-state index contributed by atoms with van der Waals surface area (Å²) in [4.78, 5) is 21.8. The van der Waals surface area contributed by atoms with Crippen LogP contribution in [-0.4, -0.2) is 21.7 Å². The van der Waals surface area contributed by atoms with Crippen LogP contribution < -0.4 is 10.2 Å². The Labute approximate surface area is 108 Å². The molecule has 0 saturated carbocycles. The van der Waals surface area contributed by atoms with E-state index < -0.39 is 11.9 Å². The maximum atomic E-state index is 10.9. The molecule has 1 heterocycles. The predicted octanol–water partition coefficient (Wildman–Crippen LogP) is -0.784. The van der Waals surface area contributed by atoms with Crippen LogP contribution in [0.25, 0.3) is 5.69 Å². The number of nitrogens with zero attached hydrogens (tertiary/aromatic N) is 2. The topological polar surface area (TPSA) is 98.1 Å². The van der Waals surface area contributed by atoms with Crippen molar-refractivity contribution in [3.05, 3.63) is 46.8 Å². The van der Waals surface area contributed by atoms with Gasteiger partial charge < -0.3 is 19.8 Å². The molecule has 2 rings (SSSR count). The molecule has 0 fully saturated rings. The van der Waals surface area contributed by atoms with Crippen LogP contribution in [0.5, 0.6) is 0 Å². The zero-order valence-electron chi connectivity index (χ0n) is 10.3. The summed E-state index contributed by atoms with van der Waals surface area (Å²) in [6.45, 7) is 3.57.